The molecule has 9 heteroatoms. The van der Waals surface area contributed by atoms with Crippen LogP contribution in [0.2, 0.25) is 5.15 Å². The van der Waals surface area contributed by atoms with E-state index in [1.165, 1.54) is 16.6 Å². The van der Waals surface area contributed by atoms with Crippen molar-refractivity contribution in [3.8, 4) is 0 Å². The van der Waals surface area contributed by atoms with Gasteiger partial charge in [-0.2, -0.15) is 9.40 Å². The maximum atomic E-state index is 12.5. The van der Waals surface area contributed by atoms with E-state index >= 15 is 0 Å². The summed E-state index contributed by atoms with van der Waals surface area (Å²) in [6.07, 6.45) is 1.29. The normalized spacial score (nSPS) is 16.9. The van der Waals surface area contributed by atoms with Gasteiger partial charge in [-0.25, -0.2) is 18.4 Å². The number of sulfonamides is 1. The van der Waals surface area contributed by atoms with E-state index < -0.39 is 10.0 Å². The summed E-state index contributed by atoms with van der Waals surface area (Å²) in [4.78, 5) is 8.29. The predicted octanol–water partition coefficient (Wildman–Crippen LogP) is 1.26. The van der Waals surface area contributed by atoms with Crippen molar-refractivity contribution in [3.05, 3.63) is 34.6 Å². The molecule has 0 unspecified atom stereocenters. The summed E-state index contributed by atoms with van der Waals surface area (Å²) in [5, 5.41) is 7.14. The van der Waals surface area contributed by atoms with Crippen LogP contribution in [0, 0.1) is 13.8 Å². The SMILES string of the molecule is Cc1nc(C2CN(S(=O)(=O)c3cnc(Cl)c(C)c3)C2)n[nH]1. The Kier molecular flexibility index (Phi) is 3.46. The van der Waals surface area contributed by atoms with E-state index in [-0.39, 0.29) is 10.8 Å². The van der Waals surface area contributed by atoms with Crippen molar-refractivity contribution < 1.29 is 8.42 Å². The fourth-order valence-corrected chi connectivity index (χ4v) is 3.83. The van der Waals surface area contributed by atoms with E-state index in [9.17, 15) is 8.42 Å². The molecule has 2 aromatic heterocycles. The van der Waals surface area contributed by atoms with Gasteiger partial charge in [0.05, 0.1) is 0 Å². The summed E-state index contributed by atoms with van der Waals surface area (Å²) in [6.45, 7) is 4.29. The number of aryl methyl sites for hydroxylation is 2. The highest BCUT2D eigenvalue weighted by molar-refractivity contribution is 7.89. The summed E-state index contributed by atoms with van der Waals surface area (Å²) < 4.78 is 26.3. The lowest BCUT2D eigenvalue weighted by atomic mass is 10.0. The van der Waals surface area contributed by atoms with E-state index in [2.05, 4.69) is 20.2 Å². The fraction of sp³-hybridized carbons (Fsp3) is 0.417. The zero-order valence-corrected chi connectivity index (χ0v) is 13.1. The Labute approximate surface area is 127 Å². The molecule has 1 fully saturated rings. The quantitative estimate of drug-likeness (QED) is 0.857. The number of nitrogens with zero attached hydrogens (tertiary/aromatic N) is 4. The standard InChI is InChI=1S/C12H14ClN5O2S/c1-7-3-10(4-14-11(7)13)21(19,20)18-5-9(6-18)12-15-8(2)16-17-12/h3-4,9H,5-6H2,1-2H3,(H,15,16,17). The summed E-state index contributed by atoms with van der Waals surface area (Å²) in [7, 11) is -3.53. The highest BCUT2D eigenvalue weighted by Crippen LogP contribution is 2.30. The van der Waals surface area contributed by atoms with Crippen LogP contribution in [0.3, 0.4) is 0 Å². The molecule has 0 spiro atoms. The highest BCUT2D eigenvalue weighted by atomic mass is 35.5. The minimum atomic E-state index is -3.53. The molecule has 0 saturated carbocycles. The molecule has 3 heterocycles. The molecule has 0 amide bonds. The van der Waals surface area contributed by atoms with E-state index in [1.807, 2.05) is 6.92 Å². The van der Waals surface area contributed by atoms with Crippen molar-refractivity contribution in [2.75, 3.05) is 13.1 Å². The average Bonchev–Trinajstić information content (AvgIpc) is 2.77. The molecule has 1 saturated heterocycles. The molecule has 1 N–H and O–H groups in total. The number of aromatic amines is 1. The summed E-state index contributed by atoms with van der Waals surface area (Å²) in [5.74, 6) is 1.42. The summed E-state index contributed by atoms with van der Waals surface area (Å²) in [6, 6.07) is 1.54. The number of rotatable bonds is 3. The number of hydrogen-bond donors (Lipinski definition) is 1. The highest BCUT2D eigenvalue weighted by Gasteiger charge is 2.39. The van der Waals surface area contributed by atoms with Gasteiger partial charge in [0, 0.05) is 25.2 Å². The Morgan fingerprint density at radius 3 is 2.67 bits per heavy atom. The lowest BCUT2D eigenvalue weighted by molar-refractivity contribution is 0.256. The second kappa shape index (κ2) is 5.04. The molecule has 0 atom stereocenters. The lowest BCUT2D eigenvalue weighted by Crippen LogP contribution is -2.48. The topological polar surface area (TPSA) is 91.8 Å². The molecule has 0 aliphatic carbocycles. The molecule has 2 aromatic rings. The van der Waals surface area contributed by atoms with Crippen molar-refractivity contribution >= 4 is 21.6 Å². The molecule has 112 valence electrons. The van der Waals surface area contributed by atoms with Crippen LogP contribution in [-0.2, 0) is 10.0 Å². The van der Waals surface area contributed by atoms with Crippen LogP contribution >= 0.6 is 11.6 Å². The predicted molar refractivity (Wildman–Crippen MR) is 76.6 cm³/mol. The van der Waals surface area contributed by atoms with Gasteiger partial charge in [0.15, 0.2) is 5.82 Å². The second-order valence-electron chi connectivity index (χ2n) is 5.08. The van der Waals surface area contributed by atoms with Gasteiger partial charge in [-0.15, -0.1) is 0 Å². The Bertz CT molecular complexity index is 783. The number of pyridine rings is 1. The number of nitrogens with one attached hydrogen (secondary N) is 1. The smallest absolute Gasteiger partial charge is 0.244 e. The van der Waals surface area contributed by atoms with Gasteiger partial charge in [0.2, 0.25) is 10.0 Å². The van der Waals surface area contributed by atoms with E-state index in [4.69, 9.17) is 11.6 Å². The van der Waals surface area contributed by atoms with Crippen LogP contribution in [0.25, 0.3) is 0 Å². The maximum absolute atomic E-state index is 12.5. The number of halogens is 1. The Balaban J connectivity index is 1.77. The molecule has 7 nitrogen and oxygen atoms in total. The third-order valence-corrected chi connectivity index (χ3v) is 5.65. The van der Waals surface area contributed by atoms with Gasteiger partial charge >= 0.3 is 0 Å². The van der Waals surface area contributed by atoms with Crippen LogP contribution < -0.4 is 0 Å². The first-order valence-electron chi connectivity index (χ1n) is 6.39. The minimum Gasteiger partial charge on any atom is -0.263 e. The third kappa shape index (κ3) is 2.54. The average molecular weight is 328 g/mol. The van der Waals surface area contributed by atoms with E-state index in [1.54, 1.807) is 6.92 Å². The molecule has 1 aliphatic rings. The van der Waals surface area contributed by atoms with Crippen molar-refractivity contribution in [2.45, 2.75) is 24.7 Å². The Morgan fingerprint density at radius 1 is 1.38 bits per heavy atom. The largest absolute Gasteiger partial charge is 0.263 e. The number of hydrogen-bond acceptors (Lipinski definition) is 5. The van der Waals surface area contributed by atoms with Crippen molar-refractivity contribution in [2.24, 2.45) is 0 Å². The van der Waals surface area contributed by atoms with Gasteiger partial charge in [-0.05, 0) is 25.5 Å². The molecular weight excluding hydrogens is 314 g/mol. The van der Waals surface area contributed by atoms with Crippen molar-refractivity contribution in [3.63, 3.8) is 0 Å². The zero-order chi connectivity index (χ0) is 15.2. The molecule has 0 aromatic carbocycles. The van der Waals surface area contributed by atoms with Crippen LogP contribution in [0.1, 0.15) is 23.1 Å². The number of H-pyrrole nitrogens is 1. The van der Waals surface area contributed by atoms with Crippen LogP contribution in [0.5, 0.6) is 0 Å². The van der Waals surface area contributed by atoms with Crippen LogP contribution in [0.4, 0.5) is 0 Å². The molecule has 0 bridgehead atoms. The first-order chi connectivity index (χ1) is 9.88. The molecule has 1 aliphatic heterocycles. The fourth-order valence-electron chi connectivity index (χ4n) is 2.16. The Morgan fingerprint density at radius 2 is 2.10 bits per heavy atom. The molecule has 0 radical (unpaired) electrons. The van der Waals surface area contributed by atoms with Gasteiger partial charge < -0.3 is 0 Å². The zero-order valence-electron chi connectivity index (χ0n) is 11.5. The first kappa shape index (κ1) is 14.4. The molecular formula is C12H14ClN5O2S. The van der Waals surface area contributed by atoms with Gasteiger partial charge in [0.25, 0.3) is 0 Å². The van der Waals surface area contributed by atoms with Crippen molar-refractivity contribution in [1.29, 1.82) is 0 Å². The molecule has 3 rings (SSSR count). The van der Waals surface area contributed by atoms with Gasteiger partial charge in [-0.3, -0.25) is 5.10 Å². The maximum Gasteiger partial charge on any atom is 0.244 e. The Hall–Kier alpha value is -1.51. The van der Waals surface area contributed by atoms with Crippen molar-refractivity contribution in [1.82, 2.24) is 24.5 Å². The summed E-state index contributed by atoms with van der Waals surface area (Å²) >= 11 is 5.82. The van der Waals surface area contributed by atoms with E-state index in [0.717, 1.165) is 5.82 Å². The second-order valence-corrected chi connectivity index (χ2v) is 7.37. The van der Waals surface area contributed by atoms with Crippen LogP contribution in [-0.4, -0.2) is 46.0 Å². The lowest BCUT2D eigenvalue weighted by Gasteiger charge is -2.36. The third-order valence-electron chi connectivity index (χ3n) is 3.45. The van der Waals surface area contributed by atoms with E-state index in [0.29, 0.717) is 29.6 Å². The first-order valence-corrected chi connectivity index (χ1v) is 8.21. The summed E-state index contributed by atoms with van der Waals surface area (Å²) in [5.41, 5.74) is 0.638. The van der Waals surface area contributed by atoms with Crippen LogP contribution in [0.15, 0.2) is 17.2 Å². The number of aromatic nitrogens is 4. The monoisotopic (exact) mass is 327 g/mol. The molecule has 21 heavy (non-hydrogen) atoms. The minimum absolute atomic E-state index is 0.0334. The van der Waals surface area contributed by atoms with Gasteiger partial charge in [0.1, 0.15) is 15.9 Å². The van der Waals surface area contributed by atoms with Gasteiger partial charge in [-0.1, -0.05) is 11.6 Å².